The average molecular weight is 444 g/mol. The molecule has 0 spiro atoms. The summed E-state index contributed by atoms with van der Waals surface area (Å²) in [5.41, 5.74) is 6.33. The van der Waals surface area contributed by atoms with Crippen LogP contribution in [0.4, 0.5) is 4.79 Å². The zero-order valence-corrected chi connectivity index (χ0v) is 17.0. The predicted molar refractivity (Wildman–Crippen MR) is 108 cm³/mol. The van der Waals surface area contributed by atoms with E-state index in [9.17, 15) is 9.59 Å². The molecule has 0 radical (unpaired) electrons. The number of cyclic esters (lactones) is 1. The number of carbonyl (C=O) groups excluding carboxylic acids is 2. The molecular weight excluding hydrogens is 422 g/mol. The van der Waals surface area contributed by atoms with Gasteiger partial charge in [-0.15, -0.1) is 0 Å². The summed E-state index contributed by atoms with van der Waals surface area (Å²) in [5, 5.41) is 2.62. The number of fused-ring (bicyclic) bond motifs is 1. The Bertz CT molecular complexity index is 937. The van der Waals surface area contributed by atoms with Gasteiger partial charge in [0, 0.05) is 22.4 Å². The molecule has 0 saturated carbocycles. The number of hydrogen-bond donors (Lipinski definition) is 2. The molecule has 1 unspecified atom stereocenters. The topological polar surface area (TPSA) is 74.4 Å². The summed E-state index contributed by atoms with van der Waals surface area (Å²) >= 11 is 3.51. The Balaban J connectivity index is 1.49. The Labute approximate surface area is 171 Å². The maximum absolute atomic E-state index is 13.0. The molecular formula is C21H22BrN3O3. The molecule has 28 heavy (non-hydrogen) atoms. The SMILES string of the molecule is O=C1N[C@H](C(=O)N2CCCC2c2[nH]c(-c3ccc(Br)cc3)c3c2CCC3)CO1. The Morgan fingerprint density at radius 3 is 2.68 bits per heavy atom. The van der Waals surface area contributed by atoms with Crippen LogP contribution in [-0.2, 0) is 22.4 Å². The highest BCUT2D eigenvalue weighted by Gasteiger charge is 2.40. The molecule has 6 nitrogen and oxygen atoms in total. The van der Waals surface area contributed by atoms with E-state index in [1.54, 1.807) is 0 Å². The van der Waals surface area contributed by atoms with Crippen molar-refractivity contribution in [3.8, 4) is 11.3 Å². The van der Waals surface area contributed by atoms with Crippen LogP contribution in [0.25, 0.3) is 11.3 Å². The van der Waals surface area contributed by atoms with E-state index < -0.39 is 12.1 Å². The minimum atomic E-state index is -0.568. The molecule has 1 aromatic heterocycles. The number of benzene rings is 1. The van der Waals surface area contributed by atoms with Gasteiger partial charge in [-0.1, -0.05) is 28.1 Å². The van der Waals surface area contributed by atoms with Crippen LogP contribution in [0.2, 0.25) is 0 Å². The van der Waals surface area contributed by atoms with Crippen molar-refractivity contribution in [1.82, 2.24) is 15.2 Å². The molecule has 146 valence electrons. The summed E-state index contributed by atoms with van der Waals surface area (Å²) in [6.45, 7) is 0.838. The first kappa shape index (κ1) is 17.8. The molecule has 3 heterocycles. The fraction of sp³-hybridized carbons (Fsp3) is 0.429. The molecule has 2 fully saturated rings. The second kappa shape index (κ2) is 6.95. The van der Waals surface area contributed by atoms with Crippen LogP contribution < -0.4 is 5.32 Å². The zero-order chi connectivity index (χ0) is 19.3. The quantitative estimate of drug-likeness (QED) is 0.758. The largest absolute Gasteiger partial charge is 0.447 e. The van der Waals surface area contributed by atoms with Crippen LogP contribution in [0.15, 0.2) is 28.7 Å². The van der Waals surface area contributed by atoms with Crippen molar-refractivity contribution >= 4 is 27.9 Å². The molecule has 2 aromatic rings. The van der Waals surface area contributed by atoms with Crippen molar-refractivity contribution in [2.45, 2.75) is 44.2 Å². The third kappa shape index (κ3) is 2.92. The Morgan fingerprint density at radius 2 is 1.93 bits per heavy atom. The van der Waals surface area contributed by atoms with Crippen molar-refractivity contribution in [2.24, 2.45) is 0 Å². The number of alkyl carbamates (subject to hydrolysis) is 1. The number of ether oxygens (including phenoxy) is 1. The van der Waals surface area contributed by atoms with E-state index in [1.165, 1.54) is 28.1 Å². The van der Waals surface area contributed by atoms with Gasteiger partial charge >= 0.3 is 6.09 Å². The van der Waals surface area contributed by atoms with Crippen LogP contribution in [0, 0.1) is 0 Å². The number of nitrogens with one attached hydrogen (secondary N) is 2. The van der Waals surface area contributed by atoms with Gasteiger partial charge in [0.1, 0.15) is 12.6 Å². The lowest BCUT2D eigenvalue weighted by atomic mass is 10.0. The lowest BCUT2D eigenvalue weighted by Crippen LogP contribution is -2.45. The summed E-state index contributed by atoms with van der Waals surface area (Å²) in [4.78, 5) is 30.0. The van der Waals surface area contributed by atoms with Crippen LogP contribution in [0.5, 0.6) is 0 Å². The summed E-state index contributed by atoms with van der Waals surface area (Å²) in [6.07, 6.45) is 4.69. The van der Waals surface area contributed by atoms with Gasteiger partial charge in [-0.2, -0.15) is 0 Å². The van der Waals surface area contributed by atoms with Gasteiger partial charge in [-0.25, -0.2) is 4.79 Å². The van der Waals surface area contributed by atoms with Crippen LogP contribution in [0.1, 0.15) is 42.1 Å². The van der Waals surface area contributed by atoms with Crippen molar-refractivity contribution in [2.75, 3.05) is 13.2 Å². The van der Waals surface area contributed by atoms with E-state index in [2.05, 4.69) is 50.5 Å². The number of hydrogen-bond acceptors (Lipinski definition) is 3. The first-order valence-corrected chi connectivity index (χ1v) is 10.6. The smallest absolute Gasteiger partial charge is 0.407 e. The second-order valence-corrected chi connectivity index (χ2v) is 8.63. The van der Waals surface area contributed by atoms with E-state index in [0.29, 0.717) is 0 Å². The second-order valence-electron chi connectivity index (χ2n) is 7.72. The lowest BCUT2D eigenvalue weighted by molar-refractivity contribution is -0.134. The molecule has 2 aliphatic heterocycles. The van der Waals surface area contributed by atoms with Crippen molar-refractivity contribution in [1.29, 1.82) is 0 Å². The third-order valence-electron chi connectivity index (χ3n) is 6.08. The number of aromatic amines is 1. The number of aromatic nitrogens is 1. The standard InChI is InChI=1S/C21H22BrN3O3/c22-13-8-6-12(7-9-13)18-14-3-1-4-15(14)19(24-18)17-5-2-10-25(17)20(26)16-11-28-21(27)23-16/h6-9,16-17,24H,1-5,10-11H2,(H,23,27)/t16-,17?/m0/s1. The van der Waals surface area contributed by atoms with Crippen molar-refractivity contribution in [3.05, 3.63) is 45.6 Å². The highest BCUT2D eigenvalue weighted by atomic mass is 79.9. The summed E-state index contributed by atoms with van der Waals surface area (Å²) < 4.78 is 5.99. The van der Waals surface area contributed by atoms with Gasteiger partial charge in [-0.3, -0.25) is 4.79 Å². The fourth-order valence-corrected chi connectivity index (χ4v) is 5.06. The van der Waals surface area contributed by atoms with Crippen LogP contribution in [-0.4, -0.2) is 41.1 Å². The molecule has 7 heteroatoms. The lowest BCUT2D eigenvalue weighted by Gasteiger charge is -2.27. The van der Waals surface area contributed by atoms with E-state index in [4.69, 9.17) is 4.74 Å². The number of amides is 2. The van der Waals surface area contributed by atoms with Crippen LogP contribution in [0.3, 0.4) is 0 Å². The first-order chi connectivity index (χ1) is 13.6. The number of halogens is 1. The highest BCUT2D eigenvalue weighted by Crippen LogP contribution is 2.42. The highest BCUT2D eigenvalue weighted by molar-refractivity contribution is 9.10. The fourth-order valence-electron chi connectivity index (χ4n) is 4.80. The van der Waals surface area contributed by atoms with Gasteiger partial charge in [0.25, 0.3) is 0 Å². The van der Waals surface area contributed by atoms with E-state index >= 15 is 0 Å². The van der Waals surface area contributed by atoms with E-state index in [0.717, 1.165) is 43.1 Å². The molecule has 1 aromatic carbocycles. The van der Waals surface area contributed by atoms with Gasteiger partial charge in [-0.05, 0) is 60.9 Å². The minimum Gasteiger partial charge on any atom is -0.447 e. The van der Waals surface area contributed by atoms with Crippen molar-refractivity contribution in [3.63, 3.8) is 0 Å². The number of H-pyrrole nitrogens is 1. The Morgan fingerprint density at radius 1 is 1.14 bits per heavy atom. The van der Waals surface area contributed by atoms with E-state index in [-0.39, 0.29) is 18.6 Å². The van der Waals surface area contributed by atoms with Gasteiger partial charge in [0.2, 0.25) is 5.91 Å². The average Bonchev–Trinajstić information content (AvgIpc) is 3.46. The molecule has 1 aliphatic carbocycles. The normalized spacial score (nSPS) is 23.6. The number of nitrogens with zero attached hydrogens (tertiary/aromatic N) is 1. The van der Waals surface area contributed by atoms with E-state index in [1.807, 2.05) is 4.90 Å². The predicted octanol–water partition coefficient (Wildman–Crippen LogP) is 3.70. The molecule has 3 aliphatic rings. The van der Waals surface area contributed by atoms with Gasteiger partial charge < -0.3 is 19.9 Å². The van der Waals surface area contributed by atoms with Gasteiger partial charge in [0.15, 0.2) is 0 Å². The Hall–Kier alpha value is -2.28. The summed E-state index contributed by atoms with van der Waals surface area (Å²) in [5.74, 6) is -0.0418. The minimum absolute atomic E-state index is 0.0418. The molecule has 2 atom stereocenters. The zero-order valence-electron chi connectivity index (χ0n) is 15.5. The molecule has 0 bridgehead atoms. The number of rotatable bonds is 3. The molecule has 5 rings (SSSR count). The molecule has 2 saturated heterocycles. The third-order valence-corrected chi connectivity index (χ3v) is 6.61. The number of carbonyl (C=O) groups is 2. The maximum atomic E-state index is 13.0. The monoisotopic (exact) mass is 443 g/mol. The number of likely N-dealkylation sites (tertiary alicyclic amines) is 1. The maximum Gasteiger partial charge on any atom is 0.407 e. The first-order valence-electron chi connectivity index (χ1n) is 9.85. The summed E-state index contributed by atoms with van der Waals surface area (Å²) in [7, 11) is 0. The van der Waals surface area contributed by atoms with Gasteiger partial charge in [0.05, 0.1) is 6.04 Å². The summed E-state index contributed by atoms with van der Waals surface area (Å²) in [6, 6.07) is 7.85. The molecule has 2 amide bonds. The Kier molecular flexibility index (Phi) is 4.42. The van der Waals surface area contributed by atoms with Crippen molar-refractivity contribution < 1.29 is 14.3 Å². The van der Waals surface area contributed by atoms with Crippen LogP contribution >= 0.6 is 15.9 Å². The molecule has 2 N–H and O–H groups in total.